The number of para-hydroxylation sites is 2. The van der Waals surface area contributed by atoms with Gasteiger partial charge >= 0.3 is 0 Å². The van der Waals surface area contributed by atoms with E-state index in [4.69, 9.17) is 31.7 Å². The third-order valence-corrected chi connectivity index (χ3v) is 7.55. The Hall–Kier alpha value is -6.07. The fourth-order valence-electron chi connectivity index (χ4n) is 5.54. The van der Waals surface area contributed by atoms with Gasteiger partial charge in [-0.3, -0.25) is 4.57 Å². The minimum atomic E-state index is -0.555. The Morgan fingerprint density at radius 3 is 1.98 bits per heavy atom. The van der Waals surface area contributed by atoms with E-state index in [2.05, 4.69) is 0 Å². The molecule has 5 heteroatoms. The number of furan rings is 1. The maximum absolute atomic E-state index is 9.27. The Labute approximate surface area is 266 Å². The largest absolute Gasteiger partial charge is 0.454 e. The molecule has 9 aromatic rings. The van der Waals surface area contributed by atoms with Gasteiger partial charge in [-0.2, -0.15) is 9.97 Å². The average Bonchev–Trinajstić information content (AvgIpc) is 3.78. The molecule has 0 aliphatic heterocycles. The smallest absolute Gasteiger partial charge is 0.238 e. The molecule has 44 heavy (non-hydrogen) atoms. The van der Waals surface area contributed by atoms with E-state index >= 15 is 0 Å². The Morgan fingerprint density at radius 2 is 1.16 bits per heavy atom. The number of hydrogen-bond donors (Lipinski definition) is 0. The van der Waals surface area contributed by atoms with Crippen LogP contribution in [0, 0.1) is 0 Å². The van der Waals surface area contributed by atoms with Gasteiger partial charge in [0, 0.05) is 32.7 Å². The molecule has 206 valence electrons. The van der Waals surface area contributed by atoms with Crippen molar-refractivity contribution in [1.82, 2.24) is 19.5 Å². The molecule has 3 aromatic heterocycles. The molecule has 0 aliphatic carbocycles. The van der Waals surface area contributed by atoms with Crippen LogP contribution >= 0.6 is 0 Å². The van der Waals surface area contributed by atoms with Gasteiger partial charge in [-0.1, -0.05) is 121 Å². The molecular weight excluding hydrogens is 540 g/mol. The highest BCUT2D eigenvalue weighted by Crippen LogP contribution is 2.40. The lowest BCUT2D eigenvalue weighted by atomic mass is 10.0. The highest BCUT2D eigenvalue weighted by atomic mass is 16.3. The van der Waals surface area contributed by atoms with Gasteiger partial charge in [0.05, 0.1) is 19.2 Å². The first kappa shape index (κ1) is 16.5. The monoisotopic (exact) mass is 574 g/mol. The van der Waals surface area contributed by atoms with Gasteiger partial charge in [-0.05, 0) is 35.3 Å². The molecule has 3 heterocycles. The lowest BCUT2D eigenvalue weighted by Crippen LogP contribution is -2.06. The van der Waals surface area contributed by atoms with Gasteiger partial charge in [0.1, 0.15) is 11.1 Å². The van der Waals surface area contributed by atoms with E-state index in [0.717, 1.165) is 11.1 Å². The Morgan fingerprint density at radius 1 is 0.523 bits per heavy atom. The zero-order valence-electron chi connectivity index (χ0n) is 32.8. The minimum absolute atomic E-state index is 0.00439. The Kier molecular flexibility index (Phi) is 3.66. The second-order valence-corrected chi connectivity index (χ2v) is 10.1. The van der Waals surface area contributed by atoms with Crippen molar-refractivity contribution in [1.29, 1.82) is 0 Å². The molecule has 0 amide bonds. The minimum Gasteiger partial charge on any atom is -0.454 e. The predicted molar refractivity (Wildman–Crippen MR) is 178 cm³/mol. The van der Waals surface area contributed by atoms with Gasteiger partial charge in [-0.25, -0.2) is 4.98 Å². The lowest BCUT2D eigenvalue weighted by Gasteiger charge is -2.11. The number of aromatic nitrogens is 4. The summed E-state index contributed by atoms with van der Waals surface area (Å²) in [5.41, 5.74) is 2.63. The summed E-state index contributed by atoms with van der Waals surface area (Å²) < 4.78 is 95.3. The predicted octanol–water partition coefficient (Wildman–Crippen LogP) is 9.87. The molecule has 0 saturated carbocycles. The van der Waals surface area contributed by atoms with Gasteiger partial charge in [0.15, 0.2) is 17.2 Å². The molecule has 0 spiro atoms. The van der Waals surface area contributed by atoms with Crippen molar-refractivity contribution < 1.29 is 18.1 Å². The van der Waals surface area contributed by atoms with Crippen molar-refractivity contribution in [3.05, 3.63) is 145 Å². The van der Waals surface area contributed by atoms with E-state index in [1.54, 1.807) is 0 Å². The topological polar surface area (TPSA) is 56.7 Å². The standard InChI is InChI=1S/C39H24N4O/c1-3-12-25(13-4-1)27-16-11-17-28(24-27)38-40-37(26-14-5-2-6-15-26)41-39(42-38)43-33-20-9-7-18-29(33)31-22-23-32-30-19-8-10-21-34(30)44-36(32)35(31)43/h1-24H/i7D,8D,9D,10D,18D,19D,20D,21D,22D,23D. The molecule has 0 unspecified atom stereocenters. The Balaban J connectivity index is 1.49. The molecule has 0 fully saturated rings. The summed E-state index contributed by atoms with van der Waals surface area (Å²) in [6.45, 7) is 0. The molecule has 0 aliphatic rings. The van der Waals surface area contributed by atoms with Crippen LogP contribution in [0.4, 0.5) is 0 Å². The van der Waals surface area contributed by atoms with Crippen molar-refractivity contribution in [2.75, 3.05) is 0 Å². The highest BCUT2D eigenvalue weighted by molar-refractivity contribution is 6.21. The van der Waals surface area contributed by atoms with E-state index in [9.17, 15) is 1.37 Å². The van der Waals surface area contributed by atoms with Gasteiger partial charge in [0.2, 0.25) is 5.95 Å². The number of hydrogen-bond acceptors (Lipinski definition) is 4. The summed E-state index contributed by atoms with van der Waals surface area (Å²) in [4.78, 5) is 14.6. The fraction of sp³-hybridized carbons (Fsp3) is 0. The summed E-state index contributed by atoms with van der Waals surface area (Å²) in [7, 11) is 0. The molecule has 9 rings (SSSR count). The molecule has 0 saturated heterocycles. The van der Waals surface area contributed by atoms with Crippen LogP contribution in [0.25, 0.3) is 83.6 Å². The first-order valence-electron chi connectivity index (χ1n) is 18.8. The lowest BCUT2D eigenvalue weighted by molar-refractivity contribution is 0.670. The van der Waals surface area contributed by atoms with E-state index in [1.807, 2.05) is 84.9 Å². The first-order valence-corrected chi connectivity index (χ1v) is 13.8. The number of fused-ring (bicyclic) bond motifs is 7. The molecule has 6 aromatic carbocycles. The van der Waals surface area contributed by atoms with Crippen molar-refractivity contribution in [2.45, 2.75) is 0 Å². The summed E-state index contributed by atoms with van der Waals surface area (Å²) >= 11 is 0. The van der Waals surface area contributed by atoms with E-state index in [0.29, 0.717) is 11.1 Å². The molecular formula is C39H24N4O. The van der Waals surface area contributed by atoms with Crippen molar-refractivity contribution in [3.63, 3.8) is 0 Å². The second kappa shape index (κ2) is 9.75. The van der Waals surface area contributed by atoms with E-state index in [-0.39, 0.29) is 61.3 Å². The second-order valence-electron chi connectivity index (χ2n) is 10.1. The van der Waals surface area contributed by atoms with Gasteiger partial charge in [-0.15, -0.1) is 0 Å². The third kappa shape index (κ3) is 3.83. The quantitative estimate of drug-likeness (QED) is 0.210. The highest BCUT2D eigenvalue weighted by Gasteiger charge is 2.22. The zero-order valence-corrected chi connectivity index (χ0v) is 22.8. The van der Waals surface area contributed by atoms with E-state index < -0.39 is 60.4 Å². The summed E-state index contributed by atoms with van der Waals surface area (Å²) in [5.74, 6) is 0.378. The van der Waals surface area contributed by atoms with Crippen LogP contribution in [-0.2, 0) is 0 Å². The molecule has 0 N–H and O–H groups in total. The van der Waals surface area contributed by atoms with Crippen LogP contribution in [0.2, 0.25) is 0 Å². The third-order valence-electron chi connectivity index (χ3n) is 7.55. The molecule has 0 bridgehead atoms. The maximum atomic E-state index is 9.27. The van der Waals surface area contributed by atoms with Crippen LogP contribution < -0.4 is 0 Å². The molecule has 0 atom stereocenters. The molecule has 5 nitrogen and oxygen atoms in total. The van der Waals surface area contributed by atoms with Gasteiger partial charge < -0.3 is 4.42 Å². The zero-order chi connectivity index (χ0) is 37.7. The van der Waals surface area contributed by atoms with Gasteiger partial charge in [0.25, 0.3) is 0 Å². The Bertz CT molecular complexity index is 3060. The number of rotatable bonds is 4. The van der Waals surface area contributed by atoms with Crippen molar-refractivity contribution >= 4 is 43.7 Å². The SMILES string of the molecule is [2H]c1c([2H])c([2H])c2c(oc3c2c([2H])c([2H])c2c4c([2H])c([2H])c([2H])c([2H])c4n(-c4nc(-c5ccccc5)nc(-c5cccc(-c6ccccc6)c5)n4)c32)c1[2H]. The fourth-order valence-corrected chi connectivity index (χ4v) is 5.54. The molecule has 0 radical (unpaired) electrons. The summed E-state index contributed by atoms with van der Waals surface area (Å²) in [5, 5.41) is -0.322. The number of benzene rings is 6. The van der Waals surface area contributed by atoms with E-state index in [1.165, 1.54) is 4.57 Å². The summed E-state index contributed by atoms with van der Waals surface area (Å²) in [6, 6.07) is 21.5. The van der Waals surface area contributed by atoms with Crippen LogP contribution in [0.5, 0.6) is 0 Å². The number of nitrogens with zero attached hydrogens (tertiary/aromatic N) is 4. The van der Waals surface area contributed by atoms with Crippen LogP contribution in [0.3, 0.4) is 0 Å². The first-order chi connectivity index (χ1) is 26.0. The van der Waals surface area contributed by atoms with Crippen LogP contribution in [0.1, 0.15) is 13.7 Å². The van der Waals surface area contributed by atoms with Crippen LogP contribution in [-0.4, -0.2) is 19.5 Å². The van der Waals surface area contributed by atoms with Crippen LogP contribution in [0.15, 0.2) is 150 Å². The summed E-state index contributed by atoms with van der Waals surface area (Å²) in [6.07, 6.45) is 0. The maximum Gasteiger partial charge on any atom is 0.238 e. The normalized spacial score (nSPS) is 14.8. The van der Waals surface area contributed by atoms with Crippen molar-refractivity contribution in [3.8, 4) is 39.9 Å². The average molecular weight is 575 g/mol. The van der Waals surface area contributed by atoms with Crippen molar-refractivity contribution in [2.24, 2.45) is 0 Å².